The van der Waals surface area contributed by atoms with Crippen LogP contribution in [0, 0.1) is 17.8 Å². The third-order valence-electron chi connectivity index (χ3n) is 3.73. The fraction of sp³-hybridized carbons (Fsp3) is 0.846. The second-order valence-electron chi connectivity index (χ2n) is 5.87. The van der Waals surface area contributed by atoms with E-state index in [1.54, 1.807) is 0 Å². The molecule has 1 saturated carbocycles. The normalized spacial score (nSPS) is 40.3. The summed E-state index contributed by atoms with van der Waals surface area (Å²) in [6.07, 6.45) is 1.25. The summed E-state index contributed by atoms with van der Waals surface area (Å²) in [6, 6.07) is 0. The standard InChI is InChI=1S/C13H20O4/c1-7(2)16-12(15)10-8(3)5-13(4)6-9(10)11(14)17-13/h7-10H,5-6H2,1-4H3/t8-,9-,10+,13-/m1/s1. The third kappa shape index (κ3) is 2.17. The lowest BCUT2D eigenvalue weighted by Gasteiger charge is -2.35. The number of carbonyl (C=O) groups excluding carboxylic acids is 2. The fourth-order valence-electron chi connectivity index (χ4n) is 3.22. The Hall–Kier alpha value is -1.06. The van der Waals surface area contributed by atoms with Crippen LogP contribution in [-0.4, -0.2) is 23.6 Å². The molecule has 0 spiro atoms. The predicted molar refractivity (Wildman–Crippen MR) is 61.1 cm³/mol. The van der Waals surface area contributed by atoms with Crippen molar-refractivity contribution in [3.8, 4) is 0 Å². The maximum Gasteiger partial charge on any atom is 0.310 e. The first kappa shape index (κ1) is 12.4. The van der Waals surface area contributed by atoms with E-state index in [9.17, 15) is 9.59 Å². The van der Waals surface area contributed by atoms with Crippen LogP contribution in [0.1, 0.15) is 40.5 Å². The van der Waals surface area contributed by atoms with E-state index in [0.717, 1.165) is 6.42 Å². The van der Waals surface area contributed by atoms with E-state index in [0.29, 0.717) is 6.42 Å². The van der Waals surface area contributed by atoms with E-state index in [1.165, 1.54) is 0 Å². The summed E-state index contributed by atoms with van der Waals surface area (Å²) in [7, 11) is 0. The Morgan fingerprint density at radius 2 is 2.12 bits per heavy atom. The molecule has 2 rings (SSSR count). The second kappa shape index (κ2) is 4.00. The minimum Gasteiger partial charge on any atom is -0.463 e. The summed E-state index contributed by atoms with van der Waals surface area (Å²) in [4.78, 5) is 23.8. The van der Waals surface area contributed by atoms with Crippen LogP contribution >= 0.6 is 0 Å². The zero-order valence-corrected chi connectivity index (χ0v) is 10.9. The van der Waals surface area contributed by atoms with E-state index in [4.69, 9.17) is 9.47 Å². The fourth-order valence-corrected chi connectivity index (χ4v) is 3.22. The van der Waals surface area contributed by atoms with Crippen LogP contribution in [0.2, 0.25) is 0 Å². The summed E-state index contributed by atoms with van der Waals surface area (Å²) in [5.74, 6) is -0.993. The number of carbonyl (C=O) groups is 2. The lowest BCUT2D eigenvalue weighted by atomic mass is 9.69. The van der Waals surface area contributed by atoms with Crippen LogP contribution in [0.25, 0.3) is 0 Å². The van der Waals surface area contributed by atoms with Gasteiger partial charge in [-0.25, -0.2) is 0 Å². The monoisotopic (exact) mass is 240 g/mol. The Labute approximate surface area is 102 Å². The highest BCUT2D eigenvalue weighted by atomic mass is 16.6. The highest BCUT2D eigenvalue weighted by Gasteiger charge is 2.56. The molecule has 17 heavy (non-hydrogen) atoms. The Morgan fingerprint density at radius 1 is 1.47 bits per heavy atom. The Kier molecular flexibility index (Phi) is 2.92. The number of fused-ring (bicyclic) bond motifs is 2. The van der Waals surface area contributed by atoms with Gasteiger partial charge in [0, 0.05) is 6.42 Å². The molecular weight excluding hydrogens is 220 g/mol. The summed E-state index contributed by atoms with van der Waals surface area (Å²) < 4.78 is 10.6. The van der Waals surface area contributed by atoms with Crippen molar-refractivity contribution in [2.45, 2.75) is 52.2 Å². The number of rotatable bonds is 2. The molecule has 4 nitrogen and oxygen atoms in total. The first-order chi connectivity index (χ1) is 7.82. The van der Waals surface area contributed by atoms with Gasteiger partial charge in [-0.15, -0.1) is 0 Å². The maximum atomic E-state index is 12.0. The SMILES string of the molecule is CC(C)OC(=O)[C@H]1[C@H](C)C[C@]2(C)C[C@H]1C(=O)O2. The minimum absolute atomic E-state index is 0.136. The molecular formula is C13H20O4. The van der Waals surface area contributed by atoms with Crippen LogP contribution in [0.15, 0.2) is 0 Å². The van der Waals surface area contributed by atoms with Crippen molar-refractivity contribution in [3.63, 3.8) is 0 Å². The van der Waals surface area contributed by atoms with Crippen LogP contribution in [0.3, 0.4) is 0 Å². The van der Waals surface area contributed by atoms with E-state index in [2.05, 4.69) is 0 Å². The zero-order chi connectivity index (χ0) is 12.8. The van der Waals surface area contributed by atoms with Gasteiger partial charge in [-0.1, -0.05) is 6.92 Å². The lowest BCUT2D eigenvalue weighted by molar-refractivity contribution is -0.160. The van der Waals surface area contributed by atoms with Crippen molar-refractivity contribution in [2.75, 3.05) is 0 Å². The average Bonchev–Trinajstić information content (AvgIpc) is 2.35. The van der Waals surface area contributed by atoms with Gasteiger partial charge >= 0.3 is 11.9 Å². The van der Waals surface area contributed by atoms with Gasteiger partial charge in [-0.2, -0.15) is 0 Å². The molecule has 0 N–H and O–H groups in total. The highest BCUT2D eigenvalue weighted by molar-refractivity contribution is 5.84. The van der Waals surface area contributed by atoms with E-state index >= 15 is 0 Å². The molecule has 96 valence electrons. The number of esters is 2. The molecule has 4 atom stereocenters. The molecule has 0 radical (unpaired) electrons. The molecule has 0 amide bonds. The minimum atomic E-state index is -0.365. The largest absolute Gasteiger partial charge is 0.463 e. The van der Waals surface area contributed by atoms with Crippen molar-refractivity contribution in [1.29, 1.82) is 0 Å². The van der Waals surface area contributed by atoms with Crippen molar-refractivity contribution in [1.82, 2.24) is 0 Å². The molecule has 0 aromatic heterocycles. The molecule has 1 aliphatic heterocycles. The van der Waals surface area contributed by atoms with Crippen LogP contribution in [-0.2, 0) is 19.1 Å². The molecule has 0 aromatic carbocycles. The van der Waals surface area contributed by atoms with Gasteiger partial charge in [-0.05, 0) is 33.1 Å². The molecule has 1 saturated heterocycles. The van der Waals surface area contributed by atoms with Crippen molar-refractivity contribution in [3.05, 3.63) is 0 Å². The van der Waals surface area contributed by atoms with E-state index in [-0.39, 0.29) is 41.4 Å². The molecule has 2 bridgehead atoms. The molecule has 0 unspecified atom stereocenters. The van der Waals surface area contributed by atoms with E-state index < -0.39 is 0 Å². The van der Waals surface area contributed by atoms with Crippen molar-refractivity contribution >= 4 is 11.9 Å². The number of hydrogen-bond acceptors (Lipinski definition) is 4. The van der Waals surface area contributed by atoms with Gasteiger partial charge in [0.1, 0.15) is 5.60 Å². The lowest BCUT2D eigenvalue weighted by Crippen LogP contribution is -2.41. The van der Waals surface area contributed by atoms with Gasteiger partial charge in [0.05, 0.1) is 17.9 Å². The number of hydrogen-bond donors (Lipinski definition) is 0. The summed E-state index contributed by atoms with van der Waals surface area (Å²) in [5.41, 5.74) is -0.365. The molecule has 2 aliphatic rings. The maximum absolute atomic E-state index is 12.0. The van der Waals surface area contributed by atoms with Gasteiger partial charge in [-0.3, -0.25) is 9.59 Å². The van der Waals surface area contributed by atoms with Gasteiger partial charge in [0.2, 0.25) is 0 Å². The Bertz CT molecular complexity index is 349. The molecule has 4 heteroatoms. The number of ether oxygens (including phenoxy) is 2. The van der Waals surface area contributed by atoms with Crippen LogP contribution in [0.4, 0.5) is 0 Å². The first-order valence-corrected chi connectivity index (χ1v) is 6.26. The quantitative estimate of drug-likeness (QED) is 0.692. The predicted octanol–water partition coefficient (Wildman–Crippen LogP) is 1.92. The second-order valence-corrected chi connectivity index (χ2v) is 5.87. The smallest absolute Gasteiger partial charge is 0.310 e. The van der Waals surface area contributed by atoms with Crippen LogP contribution < -0.4 is 0 Å². The topological polar surface area (TPSA) is 52.6 Å². The zero-order valence-electron chi connectivity index (χ0n) is 10.9. The van der Waals surface area contributed by atoms with Crippen molar-refractivity contribution < 1.29 is 19.1 Å². The molecule has 1 heterocycles. The molecule has 1 aliphatic carbocycles. The summed E-state index contributed by atoms with van der Waals surface area (Å²) in [6.45, 7) is 7.59. The Balaban J connectivity index is 2.17. The summed E-state index contributed by atoms with van der Waals surface area (Å²) in [5, 5.41) is 0. The van der Waals surface area contributed by atoms with Gasteiger partial charge in [0.15, 0.2) is 0 Å². The highest BCUT2D eigenvalue weighted by Crippen LogP contribution is 2.48. The molecule has 2 fully saturated rings. The van der Waals surface area contributed by atoms with Crippen molar-refractivity contribution in [2.24, 2.45) is 17.8 Å². The van der Waals surface area contributed by atoms with Crippen LogP contribution in [0.5, 0.6) is 0 Å². The van der Waals surface area contributed by atoms with E-state index in [1.807, 2.05) is 27.7 Å². The third-order valence-corrected chi connectivity index (χ3v) is 3.73. The first-order valence-electron chi connectivity index (χ1n) is 6.26. The Morgan fingerprint density at radius 3 is 2.71 bits per heavy atom. The summed E-state index contributed by atoms with van der Waals surface area (Å²) >= 11 is 0. The molecule has 0 aromatic rings. The average molecular weight is 240 g/mol. The van der Waals surface area contributed by atoms with Gasteiger partial charge < -0.3 is 9.47 Å². The van der Waals surface area contributed by atoms with Gasteiger partial charge in [0.25, 0.3) is 0 Å².